The van der Waals surface area contributed by atoms with Crippen molar-refractivity contribution in [1.29, 1.82) is 0 Å². The average Bonchev–Trinajstić information content (AvgIpc) is 2.48. The zero-order chi connectivity index (χ0) is 15.5. The van der Waals surface area contributed by atoms with Crippen LogP contribution in [-0.2, 0) is 0 Å². The quantitative estimate of drug-likeness (QED) is 0.771. The molecule has 0 fully saturated rings. The fourth-order valence-corrected chi connectivity index (χ4v) is 1.77. The molecule has 1 amide bonds. The summed E-state index contributed by atoms with van der Waals surface area (Å²) in [7, 11) is 0. The number of aliphatic hydroxyl groups is 1. The van der Waals surface area contributed by atoms with E-state index in [-0.39, 0.29) is 6.61 Å². The molecule has 0 aliphatic rings. The van der Waals surface area contributed by atoms with Crippen LogP contribution in [0, 0.1) is 0 Å². The van der Waals surface area contributed by atoms with Gasteiger partial charge in [0.15, 0.2) is 0 Å². The summed E-state index contributed by atoms with van der Waals surface area (Å²) < 4.78 is 0. The number of aliphatic hydroxyl groups excluding tert-OH is 1. The van der Waals surface area contributed by atoms with Crippen molar-refractivity contribution >= 4 is 11.7 Å². The van der Waals surface area contributed by atoms with Crippen molar-refractivity contribution in [3.63, 3.8) is 0 Å². The molecule has 110 valence electrons. The zero-order valence-electron chi connectivity index (χ0n) is 12.0. The molecule has 0 radical (unpaired) electrons. The highest BCUT2D eigenvalue weighted by Gasteiger charge is 2.16. The number of carbonyl (C=O) groups excluding carboxylic acids is 1. The van der Waals surface area contributed by atoms with Gasteiger partial charge in [0.2, 0.25) is 5.91 Å². The lowest BCUT2D eigenvalue weighted by Gasteiger charge is -2.23. The number of carbonyl (C=O) groups is 1. The number of rotatable bonds is 5. The SMILES string of the molecule is CC(C)(CO)Nc1ccc(-c2cccc(C(N)=O)c2)nn1. The van der Waals surface area contributed by atoms with Gasteiger partial charge >= 0.3 is 0 Å². The Morgan fingerprint density at radius 1 is 1.29 bits per heavy atom. The molecule has 2 rings (SSSR count). The van der Waals surface area contributed by atoms with E-state index in [0.717, 1.165) is 5.56 Å². The molecule has 21 heavy (non-hydrogen) atoms. The van der Waals surface area contributed by atoms with Crippen LogP contribution in [0.15, 0.2) is 36.4 Å². The van der Waals surface area contributed by atoms with Crippen molar-refractivity contribution in [1.82, 2.24) is 10.2 Å². The number of nitrogens with two attached hydrogens (primary N) is 1. The fraction of sp³-hybridized carbons (Fsp3) is 0.267. The van der Waals surface area contributed by atoms with Crippen molar-refractivity contribution in [3.8, 4) is 11.3 Å². The van der Waals surface area contributed by atoms with Crippen molar-refractivity contribution in [2.45, 2.75) is 19.4 Å². The van der Waals surface area contributed by atoms with Crippen LogP contribution in [0.5, 0.6) is 0 Å². The summed E-state index contributed by atoms with van der Waals surface area (Å²) in [6.45, 7) is 3.70. The van der Waals surface area contributed by atoms with E-state index in [9.17, 15) is 9.90 Å². The normalized spacial score (nSPS) is 11.2. The Morgan fingerprint density at radius 3 is 2.62 bits per heavy atom. The highest BCUT2D eigenvalue weighted by atomic mass is 16.3. The molecule has 1 heterocycles. The summed E-state index contributed by atoms with van der Waals surface area (Å²) in [6, 6.07) is 10.5. The molecule has 6 nitrogen and oxygen atoms in total. The van der Waals surface area contributed by atoms with Crippen LogP contribution in [0.2, 0.25) is 0 Å². The van der Waals surface area contributed by atoms with Crippen LogP contribution in [0.3, 0.4) is 0 Å². The Labute approximate surface area is 123 Å². The first-order chi connectivity index (χ1) is 9.91. The third-order valence-electron chi connectivity index (χ3n) is 2.97. The van der Waals surface area contributed by atoms with Crippen molar-refractivity contribution in [2.75, 3.05) is 11.9 Å². The summed E-state index contributed by atoms with van der Waals surface area (Å²) in [5.41, 5.74) is 6.63. The second-order valence-electron chi connectivity index (χ2n) is 5.42. The van der Waals surface area contributed by atoms with Gasteiger partial charge in [0.25, 0.3) is 0 Å². The van der Waals surface area contributed by atoms with E-state index in [1.165, 1.54) is 0 Å². The van der Waals surface area contributed by atoms with E-state index in [0.29, 0.717) is 17.1 Å². The molecule has 0 spiro atoms. The summed E-state index contributed by atoms with van der Waals surface area (Å²) in [4.78, 5) is 11.2. The number of hydrogen-bond acceptors (Lipinski definition) is 5. The van der Waals surface area contributed by atoms with Crippen molar-refractivity contribution < 1.29 is 9.90 Å². The smallest absolute Gasteiger partial charge is 0.248 e. The topological polar surface area (TPSA) is 101 Å². The lowest BCUT2D eigenvalue weighted by Crippen LogP contribution is -2.35. The van der Waals surface area contributed by atoms with Gasteiger partial charge in [0.05, 0.1) is 17.8 Å². The van der Waals surface area contributed by atoms with Gasteiger partial charge in [-0.2, -0.15) is 0 Å². The minimum absolute atomic E-state index is 0.0168. The number of aromatic nitrogens is 2. The first kappa shape index (κ1) is 14.9. The van der Waals surface area contributed by atoms with Crippen molar-refractivity contribution in [2.24, 2.45) is 5.73 Å². The van der Waals surface area contributed by atoms with Gasteiger partial charge in [-0.05, 0) is 38.1 Å². The molecule has 0 saturated heterocycles. The van der Waals surface area contributed by atoms with Gasteiger partial charge in [-0.15, -0.1) is 10.2 Å². The number of primary amides is 1. The van der Waals surface area contributed by atoms with E-state index in [1.54, 1.807) is 30.3 Å². The molecule has 4 N–H and O–H groups in total. The molecule has 0 atom stereocenters. The van der Waals surface area contributed by atoms with E-state index >= 15 is 0 Å². The van der Waals surface area contributed by atoms with Crippen LogP contribution in [0.4, 0.5) is 5.82 Å². The average molecular weight is 286 g/mol. The molecular weight excluding hydrogens is 268 g/mol. The predicted octanol–water partition coefficient (Wildman–Crippen LogP) is 1.43. The minimum Gasteiger partial charge on any atom is -0.394 e. The second kappa shape index (κ2) is 5.88. The van der Waals surface area contributed by atoms with Crippen LogP contribution in [-0.4, -0.2) is 33.4 Å². The van der Waals surface area contributed by atoms with Crippen LogP contribution in [0.25, 0.3) is 11.3 Å². The van der Waals surface area contributed by atoms with Crippen LogP contribution < -0.4 is 11.1 Å². The van der Waals surface area contributed by atoms with Gasteiger partial charge in [-0.3, -0.25) is 4.79 Å². The third kappa shape index (κ3) is 3.76. The van der Waals surface area contributed by atoms with Gasteiger partial charge in [0.1, 0.15) is 5.82 Å². The largest absolute Gasteiger partial charge is 0.394 e. The van der Waals surface area contributed by atoms with E-state index in [4.69, 9.17) is 5.73 Å². The Hall–Kier alpha value is -2.47. The zero-order valence-corrected chi connectivity index (χ0v) is 12.0. The standard InChI is InChI=1S/C15H18N4O2/c1-15(2,9-20)17-13-7-6-12(18-19-13)10-4-3-5-11(8-10)14(16)21/h3-8,20H,9H2,1-2H3,(H2,16,21)(H,17,19). The number of nitrogens with one attached hydrogen (secondary N) is 1. The monoisotopic (exact) mass is 286 g/mol. The van der Waals surface area contributed by atoms with Gasteiger partial charge in [-0.1, -0.05) is 12.1 Å². The number of anilines is 1. The molecule has 0 aliphatic heterocycles. The van der Waals surface area contributed by atoms with Gasteiger partial charge in [-0.25, -0.2) is 0 Å². The molecule has 0 bridgehead atoms. The summed E-state index contributed by atoms with van der Waals surface area (Å²) in [5, 5.41) is 20.5. The molecule has 6 heteroatoms. The predicted molar refractivity (Wildman–Crippen MR) is 80.8 cm³/mol. The van der Waals surface area contributed by atoms with E-state index in [2.05, 4.69) is 15.5 Å². The highest BCUT2D eigenvalue weighted by Crippen LogP contribution is 2.19. The second-order valence-corrected chi connectivity index (χ2v) is 5.42. The Balaban J connectivity index is 2.23. The molecule has 0 saturated carbocycles. The van der Waals surface area contributed by atoms with Crippen LogP contribution >= 0.6 is 0 Å². The lowest BCUT2D eigenvalue weighted by atomic mass is 10.1. The maximum Gasteiger partial charge on any atom is 0.248 e. The molecule has 1 aromatic heterocycles. The molecule has 0 aliphatic carbocycles. The number of benzene rings is 1. The lowest BCUT2D eigenvalue weighted by molar-refractivity contribution is 0.100. The van der Waals surface area contributed by atoms with Gasteiger partial charge < -0.3 is 16.2 Å². The van der Waals surface area contributed by atoms with E-state index < -0.39 is 11.4 Å². The highest BCUT2D eigenvalue weighted by molar-refractivity contribution is 5.93. The third-order valence-corrected chi connectivity index (χ3v) is 2.97. The van der Waals surface area contributed by atoms with E-state index in [1.807, 2.05) is 19.9 Å². The molecule has 1 aromatic carbocycles. The van der Waals surface area contributed by atoms with Crippen LogP contribution in [0.1, 0.15) is 24.2 Å². The number of hydrogen-bond donors (Lipinski definition) is 3. The summed E-state index contributed by atoms with van der Waals surface area (Å²) >= 11 is 0. The van der Waals surface area contributed by atoms with Gasteiger partial charge in [0, 0.05) is 11.1 Å². The molecule has 0 unspecified atom stereocenters. The summed E-state index contributed by atoms with van der Waals surface area (Å²) in [6.07, 6.45) is 0. The first-order valence-corrected chi connectivity index (χ1v) is 6.54. The number of amides is 1. The fourth-order valence-electron chi connectivity index (χ4n) is 1.77. The molecular formula is C15H18N4O2. The maximum absolute atomic E-state index is 11.2. The summed E-state index contributed by atoms with van der Waals surface area (Å²) in [5.74, 6) is 0.0941. The maximum atomic E-state index is 11.2. The molecule has 2 aromatic rings. The Bertz CT molecular complexity index is 638. The first-order valence-electron chi connectivity index (χ1n) is 6.54. The van der Waals surface area contributed by atoms with Crippen molar-refractivity contribution in [3.05, 3.63) is 42.0 Å². The Kier molecular flexibility index (Phi) is 4.18. The number of nitrogens with zero attached hydrogens (tertiary/aromatic N) is 2. The minimum atomic E-state index is -0.479. The Morgan fingerprint density at radius 2 is 2.05 bits per heavy atom.